The van der Waals surface area contributed by atoms with Gasteiger partial charge in [-0.2, -0.15) is 0 Å². The summed E-state index contributed by atoms with van der Waals surface area (Å²) in [4.78, 5) is 24.7. The number of hydrogen-bond donors (Lipinski definition) is 2. The van der Waals surface area contributed by atoms with Crippen LogP contribution in [0.15, 0.2) is 29.7 Å². The third kappa shape index (κ3) is 3.25. The Balaban J connectivity index is 2.92. The summed E-state index contributed by atoms with van der Waals surface area (Å²) in [7, 11) is 0. The van der Waals surface area contributed by atoms with E-state index in [0.29, 0.717) is 5.02 Å². The van der Waals surface area contributed by atoms with E-state index in [1.807, 2.05) is 0 Å². The van der Waals surface area contributed by atoms with Crippen molar-refractivity contribution in [3.8, 4) is 0 Å². The predicted octanol–water partition coefficient (Wildman–Crippen LogP) is 0.761. The number of nitrogens with one attached hydrogen (secondary N) is 1. The normalized spacial score (nSPS) is 11.4. The molecule has 1 aromatic heterocycles. The zero-order chi connectivity index (χ0) is 13.7. The number of nitro groups is 1. The van der Waals surface area contributed by atoms with Gasteiger partial charge < -0.3 is 16.5 Å². The van der Waals surface area contributed by atoms with E-state index in [2.05, 4.69) is 10.3 Å². The molecular weight excluding hydrogens is 262 g/mol. The van der Waals surface area contributed by atoms with Gasteiger partial charge in [-0.15, -0.1) is 6.21 Å². The zero-order valence-electron chi connectivity index (χ0n) is 8.83. The molecule has 0 radical (unpaired) electrons. The highest BCUT2D eigenvalue weighted by Gasteiger charge is 2.17. The van der Waals surface area contributed by atoms with Crippen molar-refractivity contribution in [1.29, 1.82) is 0 Å². The average molecular weight is 269 g/mol. The van der Waals surface area contributed by atoms with Gasteiger partial charge in [0.25, 0.3) is 11.6 Å². The molecule has 0 aliphatic heterocycles. The molecule has 3 N–H and O–H groups in total. The molecule has 1 heterocycles. The Morgan fingerprint density at radius 2 is 2.28 bits per heavy atom. The Morgan fingerprint density at radius 1 is 1.61 bits per heavy atom. The zero-order valence-corrected chi connectivity index (χ0v) is 9.59. The van der Waals surface area contributed by atoms with Crippen molar-refractivity contribution in [3.63, 3.8) is 0 Å². The van der Waals surface area contributed by atoms with E-state index in [1.54, 1.807) is 0 Å². The van der Waals surface area contributed by atoms with Crippen molar-refractivity contribution in [2.45, 2.75) is 0 Å². The van der Waals surface area contributed by atoms with Crippen LogP contribution in [0.5, 0.6) is 0 Å². The lowest BCUT2D eigenvalue weighted by atomic mass is 10.3. The summed E-state index contributed by atoms with van der Waals surface area (Å²) in [6, 6.07) is 2.86. The highest BCUT2D eigenvalue weighted by molar-refractivity contribution is 6.30. The molecule has 8 nitrogen and oxygen atoms in total. The van der Waals surface area contributed by atoms with Crippen LogP contribution in [-0.4, -0.2) is 22.0 Å². The van der Waals surface area contributed by atoms with E-state index in [0.717, 1.165) is 0 Å². The van der Waals surface area contributed by atoms with Crippen LogP contribution in [0.4, 0.5) is 5.82 Å². The number of hydrogen-bond acceptors (Lipinski definition) is 5. The van der Waals surface area contributed by atoms with Gasteiger partial charge in [0.1, 0.15) is 5.82 Å². The molecule has 18 heavy (non-hydrogen) atoms. The van der Waals surface area contributed by atoms with Gasteiger partial charge in [-0.1, -0.05) is 11.6 Å². The largest absolute Gasteiger partial charge is 0.805 e. The molecule has 1 rings (SSSR count). The number of pyridine rings is 1. The van der Waals surface area contributed by atoms with E-state index < -0.39 is 22.2 Å². The average Bonchev–Trinajstić information content (AvgIpc) is 2.32. The molecule has 0 saturated carbocycles. The standard InChI is InChI=1S/C9H7ClN5O3/c10-5-1-2-7(13-4-5)14-9(16)8(12)6(3-11)15(17)18/h1-4H,12H2,(H,13,14,16)/q-1/b8-6+. The number of nitrogens with zero attached hydrogens (tertiary/aromatic N) is 3. The molecular formula is C9H7ClN5O3-. The number of rotatable bonds is 4. The maximum Gasteiger partial charge on any atom is 0.279 e. The highest BCUT2D eigenvalue weighted by Crippen LogP contribution is 2.10. The predicted molar refractivity (Wildman–Crippen MR) is 65.5 cm³/mol. The van der Waals surface area contributed by atoms with Crippen LogP contribution in [0.3, 0.4) is 0 Å². The minimum Gasteiger partial charge on any atom is -0.805 e. The molecule has 0 saturated heterocycles. The number of halogens is 1. The minimum atomic E-state index is -0.982. The Labute approximate surface area is 106 Å². The summed E-state index contributed by atoms with van der Waals surface area (Å²) >= 11 is 5.59. The highest BCUT2D eigenvalue weighted by atomic mass is 35.5. The molecule has 0 atom stereocenters. The molecule has 0 fully saturated rings. The number of allylic oxidation sites excluding steroid dienone is 1. The molecule has 1 aromatic rings. The van der Waals surface area contributed by atoms with Crippen LogP contribution < -0.4 is 11.1 Å². The van der Waals surface area contributed by atoms with Gasteiger partial charge in [0.2, 0.25) is 0 Å². The molecule has 0 spiro atoms. The monoisotopic (exact) mass is 268 g/mol. The summed E-state index contributed by atoms with van der Waals surface area (Å²) in [5.41, 5.74) is 3.59. The summed E-state index contributed by atoms with van der Waals surface area (Å²) in [6.45, 7) is 0. The maximum atomic E-state index is 11.5. The fourth-order valence-electron chi connectivity index (χ4n) is 0.965. The smallest absolute Gasteiger partial charge is 0.279 e. The SMILES string of the molecule is [N-]=C/C(=C(\N)C(=O)Nc1ccc(Cl)cn1)[N+](=O)[O-]. The molecule has 94 valence electrons. The van der Waals surface area contributed by atoms with Gasteiger partial charge in [-0.3, -0.25) is 14.9 Å². The van der Waals surface area contributed by atoms with Crippen LogP contribution in [0.2, 0.25) is 5.02 Å². The van der Waals surface area contributed by atoms with Crippen molar-refractivity contribution in [2.75, 3.05) is 5.32 Å². The first-order valence-corrected chi connectivity index (χ1v) is 4.88. The van der Waals surface area contributed by atoms with Crippen molar-refractivity contribution in [1.82, 2.24) is 4.98 Å². The molecule has 0 bridgehead atoms. The second kappa shape index (κ2) is 5.73. The first-order valence-electron chi connectivity index (χ1n) is 4.50. The number of anilines is 1. The summed E-state index contributed by atoms with van der Waals surface area (Å²) in [6.07, 6.45) is 1.42. The topological polar surface area (TPSA) is 133 Å². The summed E-state index contributed by atoms with van der Waals surface area (Å²) in [5.74, 6) is -0.838. The first kappa shape index (κ1) is 13.6. The number of aromatic nitrogens is 1. The summed E-state index contributed by atoms with van der Waals surface area (Å²) < 4.78 is 0. The Bertz CT molecular complexity index is 526. The Hall–Kier alpha value is -2.48. The van der Waals surface area contributed by atoms with Gasteiger partial charge in [-0.05, 0) is 12.1 Å². The van der Waals surface area contributed by atoms with Crippen molar-refractivity contribution in [3.05, 3.63) is 50.3 Å². The maximum absolute atomic E-state index is 11.5. The number of nitrogens with two attached hydrogens (primary N) is 1. The van der Waals surface area contributed by atoms with E-state index in [1.165, 1.54) is 18.3 Å². The van der Waals surface area contributed by atoms with Crippen LogP contribution in [0, 0.1) is 10.1 Å². The Kier molecular flexibility index (Phi) is 4.33. The van der Waals surface area contributed by atoms with Gasteiger partial charge >= 0.3 is 0 Å². The third-order valence-electron chi connectivity index (χ3n) is 1.81. The molecule has 0 aliphatic rings. The van der Waals surface area contributed by atoms with Crippen LogP contribution in [0.1, 0.15) is 0 Å². The second-order valence-corrected chi connectivity index (χ2v) is 3.44. The molecule has 9 heteroatoms. The van der Waals surface area contributed by atoms with E-state index in [9.17, 15) is 14.9 Å². The molecule has 0 aromatic carbocycles. The molecule has 0 aliphatic carbocycles. The van der Waals surface area contributed by atoms with Gasteiger partial charge in [0.15, 0.2) is 5.70 Å². The van der Waals surface area contributed by atoms with Crippen molar-refractivity contribution in [2.24, 2.45) is 5.73 Å². The second-order valence-electron chi connectivity index (χ2n) is 3.00. The summed E-state index contributed by atoms with van der Waals surface area (Å²) in [5, 5.41) is 21.6. The number of amides is 1. The fourth-order valence-corrected chi connectivity index (χ4v) is 1.08. The lowest BCUT2D eigenvalue weighted by Gasteiger charge is -2.05. The Morgan fingerprint density at radius 3 is 2.72 bits per heavy atom. The quantitative estimate of drug-likeness (QED) is 0.360. The third-order valence-corrected chi connectivity index (χ3v) is 2.03. The molecule has 1 amide bonds. The number of carbonyl (C=O) groups is 1. The first-order chi connectivity index (χ1) is 8.45. The van der Waals surface area contributed by atoms with Crippen molar-refractivity contribution < 1.29 is 9.72 Å². The fraction of sp³-hybridized carbons (Fsp3) is 0. The van der Waals surface area contributed by atoms with Crippen molar-refractivity contribution >= 4 is 29.5 Å². The van der Waals surface area contributed by atoms with Gasteiger partial charge in [0.05, 0.1) is 9.95 Å². The van der Waals surface area contributed by atoms with E-state index in [4.69, 9.17) is 22.7 Å². The lowest BCUT2D eigenvalue weighted by molar-refractivity contribution is -0.415. The van der Waals surface area contributed by atoms with Crippen LogP contribution in [0.25, 0.3) is 5.41 Å². The van der Waals surface area contributed by atoms with Crippen LogP contribution in [-0.2, 0) is 4.79 Å². The van der Waals surface area contributed by atoms with Crippen LogP contribution >= 0.6 is 11.6 Å². The van der Waals surface area contributed by atoms with Gasteiger partial charge in [0, 0.05) is 6.20 Å². The van der Waals surface area contributed by atoms with E-state index in [-0.39, 0.29) is 12.0 Å². The minimum absolute atomic E-state index is 0.119. The molecule has 0 unspecified atom stereocenters. The van der Waals surface area contributed by atoms with Gasteiger partial charge in [-0.25, -0.2) is 4.98 Å². The van der Waals surface area contributed by atoms with E-state index >= 15 is 0 Å². The lowest BCUT2D eigenvalue weighted by Crippen LogP contribution is -2.25. The number of carbonyl (C=O) groups excluding carboxylic acids is 1.